The Balaban J connectivity index is 1.75. The van der Waals surface area contributed by atoms with Crippen molar-refractivity contribution < 1.29 is 4.74 Å². The molecule has 1 heterocycles. The van der Waals surface area contributed by atoms with Gasteiger partial charge in [-0.15, -0.1) is 11.3 Å². The topological polar surface area (TPSA) is 34.1 Å². The molecule has 0 bridgehead atoms. The minimum Gasteiger partial charge on any atom is -0.492 e. The van der Waals surface area contributed by atoms with Crippen LogP contribution in [-0.4, -0.2) is 17.6 Å². The summed E-state index contributed by atoms with van der Waals surface area (Å²) in [6, 6.07) is 8.44. The predicted octanol–water partition coefficient (Wildman–Crippen LogP) is 3.63. The van der Waals surface area contributed by atoms with Gasteiger partial charge in [-0.1, -0.05) is 17.7 Å². The lowest BCUT2D eigenvalue weighted by Gasteiger charge is -2.14. The molecule has 3 nitrogen and oxygen atoms in total. The molecule has 0 spiro atoms. The van der Waals surface area contributed by atoms with Crippen molar-refractivity contribution in [2.75, 3.05) is 6.61 Å². The summed E-state index contributed by atoms with van der Waals surface area (Å²) in [6.07, 6.45) is 0. The molecule has 4 heteroatoms. The number of aryl methyl sites for hydroxylation is 3. The molecule has 1 N–H and O–H groups in total. The molecular formula is C16H22N2OS. The summed E-state index contributed by atoms with van der Waals surface area (Å²) in [5.41, 5.74) is 2.38. The van der Waals surface area contributed by atoms with Gasteiger partial charge in [0.1, 0.15) is 17.4 Å². The Kier molecular flexibility index (Phi) is 5.15. The van der Waals surface area contributed by atoms with Crippen LogP contribution in [0.15, 0.2) is 24.3 Å². The average Bonchev–Trinajstić information content (AvgIpc) is 2.75. The molecule has 1 aromatic carbocycles. The van der Waals surface area contributed by atoms with Crippen LogP contribution in [0, 0.1) is 20.8 Å². The van der Waals surface area contributed by atoms with E-state index in [-0.39, 0.29) is 0 Å². The number of thiazole rings is 1. The van der Waals surface area contributed by atoms with E-state index in [4.69, 9.17) is 4.74 Å². The molecule has 0 saturated carbocycles. The monoisotopic (exact) mass is 290 g/mol. The minimum atomic E-state index is 0.292. The third kappa shape index (κ3) is 4.32. The molecule has 1 atom stereocenters. The fraction of sp³-hybridized carbons (Fsp3) is 0.438. The van der Waals surface area contributed by atoms with Crippen molar-refractivity contribution in [1.29, 1.82) is 0 Å². The van der Waals surface area contributed by atoms with E-state index in [0.29, 0.717) is 12.6 Å². The Morgan fingerprint density at radius 3 is 2.50 bits per heavy atom. The van der Waals surface area contributed by atoms with Crippen molar-refractivity contribution in [2.24, 2.45) is 0 Å². The summed E-state index contributed by atoms with van der Waals surface area (Å²) in [5.74, 6) is 0.921. The minimum absolute atomic E-state index is 0.292. The first-order valence-electron chi connectivity index (χ1n) is 6.90. The summed E-state index contributed by atoms with van der Waals surface area (Å²) >= 11 is 1.76. The zero-order valence-corrected chi connectivity index (χ0v) is 13.4. The van der Waals surface area contributed by atoms with Gasteiger partial charge in [0.25, 0.3) is 0 Å². The summed E-state index contributed by atoms with van der Waals surface area (Å²) in [7, 11) is 0. The highest BCUT2D eigenvalue weighted by Crippen LogP contribution is 2.16. The number of hydrogen-bond acceptors (Lipinski definition) is 4. The number of aromatic nitrogens is 1. The lowest BCUT2D eigenvalue weighted by Crippen LogP contribution is -2.31. The molecule has 0 saturated heterocycles. The summed E-state index contributed by atoms with van der Waals surface area (Å²) in [6.45, 7) is 9.83. The Morgan fingerprint density at radius 2 is 1.90 bits per heavy atom. The highest BCUT2D eigenvalue weighted by Gasteiger charge is 2.06. The van der Waals surface area contributed by atoms with Gasteiger partial charge in [0.05, 0.1) is 5.69 Å². The summed E-state index contributed by atoms with van der Waals surface area (Å²) in [5, 5.41) is 4.58. The van der Waals surface area contributed by atoms with Crippen molar-refractivity contribution in [1.82, 2.24) is 10.3 Å². The van der Waals surface area contributed by atoms with Gasteiger partial charge in [-0.05, 0) is 39.8 Å². The smallest absolute Gasteiger partial charge is 0.119 e. The standard InChI is InChI=1S/C16H22N2OS/c1-11-5-7-15(8-6-11)19-10-12(2)17-9-16-18-13(3)14(4)20-16/h5-8,12,17H,9-10H2,1-4H3. The Bertz CT molecular complexity index is 529. The molecule has 1 aromatic heterocycles. The first kappa shape index (κ1) is 15.0. The van der Waals surface area contributed by atoms with Gasteiger partial charge in [0.2, 0.25) is 0 Å². The van der Waals surface area contributed by atoms with Crippen LogP contribution in [0.25, 0.3) is 0 Å². The quantitative estimate of drug-likeness (QED) is 0.882. The molecule has 0 aliphatic heterocycles. The van der Waals surface area contributed by atoms with Crippen LogP contribution in [0.5, 0.6) is 5.75 Å². The van der Waals surface area contributed by atoms with E-state index in [1.807, 2.05) is 12.1 Å². The van der Waals surface area contributed by atoms with E-state index in [2.05, 4.69) is 50.1 Å². The Labute approximate surface area is 125 Å². The number of benzene rings is 1. The van der Waals surface area contributed by atoms with E-state index in [1.54, 1.807) is 11.3 Å². The third-order valence-electron chi connectivity index (χ3n) is 3.20. The van der Waals surface area contributed by atoms with Crippen molar-refractivity contribution in [3.05, 3.63) is 45.4 Å². The van der Waals surface area contributed by atoms with Crippen molar-refractivity contribution in [3.63, 3.8) is 0 Å². The van der Waals surface area contributed by atoms with Crippen LogP contribution in [0.1, 0.15) is 28.1 Å². The van der Waals surface area contributed by atoms with E-state index in [0.717, 1.165) is 23.0 Å². The highest BCUT2D eigenvalue weighted by molar-refractivity contribution is 7.11. The predicted molar refractivity (Wildman–Crippen MR) is 84.6 cm³/mol. The largest absolute Gasteiger partial charge is 0.492 e. The van der Waals surface area contributed by atoms with Crippen LogP contribution in [-0.2, 0) is 6.54 Å². The molecule has 0 radical (unpaired) electrons. The molecule has 1 unspecified atom stereocenters. The van der Waals surface area contributed by atoms with Gasteiger partial charge < -0.3 is 10.1 Å². The molecule has 2 aromatic rings. The molecule has 2 rings (SSSR count). The number of nitrogens with one attached hydrogen (secondary N) is 1. The highest BCUT2D eigenvalue weighted by atomic mass is 32.1. The first-order chi connectivity index (χ1) is 9.54. The van der Waals surface area contributed by atoms with E-state index in [9.17, 15) is 0 Å². The average molecular weight is 290 g/mol. The van der Waals surface area contributed by atoms with Crippen LogP contribution in [0.4, 0.5) is 0 Å². The maximum atomic E-state index is 5.76. The van der Waals surface area contributed by atoms with Crippen molar-refractivity contribution >= 4 is 11.3 Å². The van der Waals surface area contributed by atoms with E-state index < -0.39 is 0 Å². The zero-order chi connectivity index (χ0) is 14.5. The maximum Gasteiger partial charge on any atom is 0.119 e. The van der Waals surface area contributed by atoms with E-state index in [1.165, 1.54) is 10.4 Å². The lowest BCUT2D eigenvalue weighted by atomic mass is 10.2. The van der Waals surface area contributed by atoms with Crippen molar-refractivity contribution in [3.8, 4) is 5.75 Å². The molecule has 0 aliphatic carbocycles. The van der Waals surface area contributed by atoms with Gasteiger partial charge >= 0.3 is 0 Å². The number of hydrogen-bond donors (Lipinski definition) is 1. The van der Waals surface area contributed by atoms with Crippen LogP contribution < -0.4 is 10.1 Å². The Morgan fingerprint density at radius 1 is 1.20 bits per heavy atom. The third-order valence-corrected chi connectivity index (χ3v) is 4.27. The number of rotatable bonds is 6. The SMILES string of the molecule is Cc1ccc(OCC(C)NCc2nc(C)c(C)s2)cc1. The second-order valence-electron chi connectivity index (χ2n) is 5.16. The van der Waals surface area contributed by atoms with E-state index >= 15 is 0 Å². The molecule has 108 valence electrons. The molecule has 0 aliphatic rings. The van der Waals surface area contributed by atoms with Crippen LogP contribution in [0.3, 0.4) is 0 Å². The molecule has 0 fully saturated rings. The fourth-order valence-electron chi connectivity index (χ4n) is 1.79. The van der Waals surface area contributed by atoms with Crippen molar-refractivity contribution in [2.45, 2.75) is 40.3 Å². The normalized spacial score (nSPS) is 12.4. The molecule has 0 amide bonds. The zero-order valence-electron chi connectivity index (χ0n) is 12.6. The maximum absolute atomic E-state index is 5.76. The number of ether oxygens (including phenoxy) is 1. The first-order valence-corrected chi connectivity index (χ1v) is 7.72. The number of nitrogens with zero attached hydrogens (tertiary/aromatic N) is 1. The lowest BCUT2D eigenvalue weighted by molar-refractivity contribution is 0.272. The second-order valence-corrected chi connectivity index (χ2v) is 6.44. The Hall–Kier alpha value is -1.39. The fourth-order valence-corrected chi connectivity index (χ4v) is 2.68. The van der Waals surface area contributed by atoms with Gasteiger partial charge in [-0.2, -0.15) is 0 Å². The van der Waals surface area contributed by atoms with Crippen LogP contribution in [0.2, 0.25) is 0 Å². The van der Waals surface area contributed by atoms with Gasteiger partial charge in [0.15, 0.2) is 0 Å². The van der Waals surface area contributed by atoms with Crippen LogP contribution >= 0.6 is 11.3 Å². The van der Waals surface area contributed by atoms with Gasteiger partial charge in [0, 0.05) is 17.5 Å². The molecular weight excluding hydrogens is 268 g/mol. The van der Waals surface area contributed by atoms with Gasteiger partial charge in [-0.25, -0.2) is 4.98 Å². The summed E-state index contributed by atoms with van der Waals surface area (Å²) in [4.78, 5) is 5.82. The second kappa shape index (κ2) is 6.86. The van der Waals surface area contributed by atoms with Gasteiger partial charge in [-0.3, -0.25) is 0 Å². The summed E-state index contributed by atoms with van der Waals surface area (Å²) < 4.78 is 5.76. The molecule has 20 heavy (non-hydrogen) atoms.